The molecule has 0 spiro atoms. The molecule has 110 valence electrons. The number of carboxylic acids is 1. The standard InChI is InChI=1S/C14H25NO4/c1-4-10-6-11(12(7-10)14(17)18)13(16)15-8-9(3)19-5-2/h9-12H,4-8H2,1-3H3,(H,15,16)(H,17,18). The molecule has 1 fully saturated rings. The van der Waals surface area contributed by atoms with Crippen LogP contribution in [0.2, 0.25) is 0 Å². The Hall–Kier alpha value is -1.10. The zero-order valence-electron chi connectivity index (χ0n) is 12.0. The van der Waals surface area contributed by atoms with Crippen molar-refractivity contribution < 1.29 is 19.4 Å². The van der Waals surface area contributed by atoms with Crippen LogP contribution in [0.5, 0.6) is 0 Å². The number of rotatable bonds is 7. The number of nitrogens with one attached hydrogen (secondary N) is 1. The summed E-state index contributed by atoms with van der Waals surface area (Å²) < 4.78 is 5.34. The molecule has 1 aliphatic rings. The molecule has 0 aromatic carbocycles. The predicted molar refractivity (Wildman–Crippen MR) is 71.7 cm³/mol. The van der Waals surface area contributed by atoms with E-state index in [1.165, 1.54) is 0 Å². The molecule has 0 radical (unpaired) electrons. The van der Waals surface area contributed by atoms with Crippen molar-refractivity contribution in [2.75, 3.05) is 13.2 Å². The summed E-state index contributed by atoms with van der Waals surface area (Å²) in [6, 6.07) is 0. The predicted octanol–water partition coefficient (Wildman–Crippen LogP) is 1.66. The van der Waals surface area contributed by atoms with Gasteiger partial charge in [0.1, 0.15) is 0 Å². The van der Waals surface area contributed by atoms with Crippen molar-refractivity contribution in [2.24, 2.45) is 17.8 Å². The number of aliphatic carboxylic acids is 1. The Balaban J connectivity index is 2.52. The first-order valence-electron chi connectivity index (χ1n) is 7.11. The van der Waals surface area contributed by atoms with Crippen molar-refractivity contribution in [2.45, 2.75) is 46.1 Å². The van der Waals surface area contributed by atoms with Crippen LogP contribution >= 0.6 is 0 Å². The molecule has 0 bridgehead atoms. The molecule has 1 rings (SSSR count). The lowest BCUT2D eigenvalue weighted by Crippen LogP contribution is -2.39. The summed E-state index contributed by atoms with van der Waals surface area (Å²) in [7, 11) is 0. The van der Waals surface area contributed by atoms with E-state index in [9.17, 15) is 14.7 Å². The van der Waals surface area contributed by atoms with Gasteiger partial charge in [0.05, 0.1) is 17.9 Å². The third-order valence-corrected chi connectivity index (χ3v) is 3.91. The molecular weight excluding hydrogens is 246 g/mol. The highest BCUT2D eigenvalue weighted by molar-refractivity contribution is 5.85. The average molecular weight is 271 g/mol. The molecule has 4 atom stereocenters. The third-order valence-electron chi connectivity index (χ3n) is 3.91. The summed E-state index contributed by atoms with van der Waals surface area (Å²) in [6.45, 7) is 6.88. The number of hydrogen-bond acceptors (Lipinski definition) is 3. The van der Waals surface area contributed by atoms with Crippen LogP contribution in [0.15, 0.2) is 0 Å². The van der Waals surface area contributed by atoms with Gasteiger partial charge in [0, 0.05) is 13.2 Å². The molecule has 0 aromatic rings. The topological polar surface area (TPSA) is 75.6 Å². The largest absolute Gasteiger partial charge is 0.481 e. The highest BCUT2D eigenvalue weighted by atomic mass is 16.5. The van der Waals surface area contributed by atoms with Crippen LogP contribution < -0.4 is 5.32 Å². The van der Waals surface area contributed by atoms with Crippen molar-refractivity contribution in [1.29, 1.82) is 0 Å². The van der Waals surface area contributed by atoms with Crippen molar-refractivity contribution in [3.05, 3.63) is 0 Å². The van der Waals surface area contributed by atoms with Gasteiger partial charge in [-0.05, 0) is 32.6 Å². The summed E-state index contributed by atoms with van der Waals surface area (Å²) in [5.74, 6) is -1.58. The van der Waals surface area contributed by atoms with Crippen molar-refractivity contribution in [3.8, 4) is 0 Å². The van der Waals surface area contributed by atoms with Gasteiger partial charge >= 0.3 is 5.97 Å². The molecule has 0 saturated heterocycles. The Kier molecular flexibility index (Phi) is 6.28. The summed E-state index contributed by atoms with van der Waals surface area (Å²) in [5, 5.41) is 12.0. The second-order valence-corrected chi connectivity index (χ2v) is 5.31. The Labute approximate surface area is 114 Å². The van der Waals surface area contributed by atoms with E-state index in [2.05, 4.69) is 5.32 Å². The van der Waals surface area contributed by atoms with Gasteiger partial charge in [-0.2, -0.15) is 0 Å². The lowest BCUT2D eigenvalue weighted by atomic mass is 9.95. The van der Waals surface area contributed by atoms with Gasteiger partial charge in [-0.15, -0.1) is 0 Å². The normalized spacial score (nSPS) is 28.1. The van der Waals surface area contributed by atoms with Gasteiger partial charge in [0.15, 0.2) is 0 Å². The third kappa shape index (κ3) is 4.49. The first kappa shape index (κ1) is 16.0. The van der Waals surface area contributed by atoms with E-state index >= 15 is 0 Å². The van der Waals surface area contributed by atoms with Gasteiger partial charge in [0.2, 0.25) is 5.91 Å². The first-order valence-corrected chi connectivity index (χ1v) is 7.11. The van der Waals surface area contributed by atoms with E-state index in [4.69, 9.17) is 4.74 Å². The molecule has 0 heterocycles. The van der Waals surface area contributed by atoms with Crippen molar-refractivity contribution in [1.82, 2.24) is 5.32 Å². The van der Waals surface area contributed by atoms with Crippen LogP contribution in [0.1, 0.15) is 40.0 Å². The quantitative estimate of drug-likeness (QED) is 0.738. The summed E-state index contributed by atoms with van der Waals surface area (Å²) in [6.07, 6.45) is 2.19. The Morgan fingerprint density at radius 2 is 1.95 bits per heavy atom. The maximum absolute atomic E-state index is 12.1. The summed E-state index contributed by atoms with van der Waals surface area (Å²) >= 11 is 0. The van der Waals surface area contributed by atoms with Crippen LogP contribution in [0.25, 0.3) is 0 Å². The van der Waals surface area contributed by atoms with E-state index in [-0.39, 0.29) is 12.0 Å². The minimum atomic E-state index is -0.853. The van der Waals surface area contributed by atoms with Gasteiger partial charge in [-0.25, -0.2) is 0 Å². The molecule has 5 nitrogen and oxygen atoms in total. The number of carbonyl (C=O) groups is 2. The second-order valence-electron chi connectivity index (χ2n) is 5.31. The van der Waals surface area contributed by atoms with Crippen molar-refractivity contribution in [3.63, 3.8) is 0 Å². The lowest BCUT2D eigenvalue weighted by Gasteiger charge is -2.18. The smallest absolute Gasteiger partial charge is 0.307 e. The summed E-state index contributed by atoms with van der Waals surface area (Å²) in [4.78, 5) is 23.3. The molecule has 0 aromatic heterocycles. The zero-order valence-corrected chi connectivity index (χ0v) is 12.0. The number of ether oxygens (including phenoxy) is 1. The highest BCUT2D eigenvalue weighted by Gasteiger charge is 2.41. The monoisotopic (exact) mass is 271 g/mol. The van der Waals surface area contributed by atoms with E-state index in [1.54, 1.807) is 0 Å². The van der Waals surface area contributed by atoms with E-state index < -0.39 is 17.8 Å². The van der Waals surface area contributed by atoms with Crippen LogP contribution in [0.4, 0.5) is 0 Å². The fraction of sp³-hybridized carbons (Fsp3) is 0.857. The number of carbonyl (C=O) groups excluding carboxylic acids is 1. The van der Waals surface area contributed by atoms with E-state index in [1.807, 2.05) is 20.8 Å². The second kappa shape index (κ2) is 7.48. The highest BCUT2D eigenvalue weighted by Crippen LogP contribution is 2.38. The van der Waals surface area contributed by atoms with Gasteiger partial charge in [-0.3, -0.25) is 9.59 Å². The van der Waals surface area contributed by atoms with E-state index in [0.717, 1.165) is 6.42 Å². The SMILES string of the molecule is CCOC(C)CNC(=O)C1CC(CC)CC1C(=O)O. The van der Waals surface area contributed by atoms with Crippen LogP contribution in [-0.2, 0) is 14.3 Å². The maximum Gasteiger partial charge on any atom is 0.307 e. The van der Waals surface area contributed by atoms with E-state index in [0.29, 0.717) is 31.9 Å². The molecule has 1 aliphatic carbocycles. The maximum atomic E-state index is 12.1. The molecule has 2 N–H and O–H groups in total. The first-order chi connectivity index (χ1) is 8.99. The number of hydrogen-bond donors (Lipinski definition) is 2. The Bertz CT molecular complexity index is 319. The lowest BCUT2D eigenvalue weighted by molar-refractivity contribution is -0.146. The fourth-order valence-corrected chi connectivity index (χ4v) is 2.76. The number of amides is 1. The molecule has 1 saturated carbocycles. The minimum Gasteiger partial charge on any atom is -0.481 e. The van der Waals surface area contributed by atoms with Gasteiger partial charge in [-0.1, -0.05) is 13.3 Å². The molecule has 1 amide bonds. The van der Waals surface area contributed by atoms with Crippen LogP contribution in [0.3, 0.4) is 0 Å². The molecule has 19 heavy (non-hydrogen) atoms. The van der Waals surface area contributed by atoms with Crippen molar-refractivity contribution >= 4 is 11.9 Å². The molecule has 4 unspecified atom stereocenters. The average Bonchev–Trinajstić information content (AvgIpc) is 2.80. The Morgan fingerprint density at radius 3 is 2.47 bits per heavy atom. The van der Waals surface area contributed by atoms with Crippen LogP contribution in [0, 0.1) is 17.8 Å². The molecule has 5 heteroatoms. The van der Waals surface area contributed by atoms with Crippen LogP contribution in [-0.4, -0.2) is 36.2 Å². The minimum absolute atomic E-state index is 0.0411. The Morgan fingerprint density at radius 1 is 1.32 bits per heavy atom. The zero-order chi connectivity index (χ0) is 14.4. The van der Waals surface area contributed by atoms with Gasteiger partial charge in [0.25, 0.3) is 0 Å². The molecule has 0 aliphatic heterocycles. The number of carboxylic acid groups (broad SMARTS) is 1. The summed E-state index contributed by atoms with van der Waals surface area (Å²) in [5.41, 5.74) is 0. The fourth-order valence-electron chi connectivity index (χ4n) is 2.76. The molecular formula is C14H25NO4. The van der Waals surface area contributed by atoms with Gasteiger partial charge < -0.3 is 15.2 Å².